The first-order chi connectivity index (χ1) is 7.54. The van der Waals surface area contributed by atoms with Crippen LogP contribution in [0.15, 0.2) is 23.2 Å². The van der Waals surface area contributed by atoms with Crippen molar-refractivity contribution in [3.05, 3.63) is 23.8 Å². The number of hydrogen-bond acceptors (Lipinski definition) is 3. The number of carboxylic acid groups (broad SMARTS) is 1. The maximum atomic E-state index is 11.0. The number of rotatable bonds is 4. The summed E-state index contributed by atoms with van der Waals surface area (Å²) in [6, 6.07) is 4.74. The topological polar surface area (TPSA) is 62.1 Å². The Morgan fingerprint density at radius 1 is 1.50 bits per heavy atom. The minimum atomic E-state index is -1.02. The predicted molar refractivity (Wildman–Crippen MR) is 61.8 cm³/mol. The molecule has 0 atom stereocenters. The van der Waals surface area contributed by atoms with E-state index in [4.69, 9.17) is 9.84 Å². The van der Waals surface area contributed by atoms with Crippen molar-refractivity contribution in [1.82, 2.24) is 4.90 Å². The van der Waals surface area contributed by atoms with Crippen molar-refractivity contribution < 1.29 is 14.6 Å². The van der Waals surface area contributed by atoms with Gasteiger partial charge in [0.15, 0.2) is 0 Å². The largest absolute Gasteiger partial charge is 0.497 e. The number of benzene rings is 1. The normalized spacial score (nSPS) is 10.4. The summed E-state index contributed by atoms with van der Waals surface area (Å²) < 4.78 is 4.96. The predicted octanol–water partition coefficient (Wildman–Crippen LogP) is 1.61. The molecule has 0 aliphatic carbocycles. The monoisotopic (exact) mass is 222 g/mol. The fourth-order valence-electron chi connectivity index (χ4n) is 1.10. The summed E-state index contributed by atoms with van der Waals surface area (Å²) in [6.45, 7) is 0. The van der Waals surface area contributed by atoms with Crippen molar-refractivity contribution in [2.75, 3.05) is 21.2 Å². The van der Waals surface area contributed by atoms with Gasteiger partial charge in [0.1, 0.15) is 5.75 Å². The van der Waals surface area contributed by atoms with Gasteiger partial charge in [0.2, 0.25) is 0 Å². The quantitative estimate of drug-likeness (QED) is 0.621. The van der Waals surface area contributed by atoms with Crippen LogP contribution in [0.25, 0.3) is 0 Å². The fraction of sp³-hybridized carbons (Fsp3) is 0.273. The van der Waals surface area contributed by atoms with Crippen LogP contribution in [-0.2, 0) is 0 Å². The molecule has 0 aromatic heterocycles. The summed E-state index contributed by atoms with van der Waals surface area (Å²) in [4.78, 5) is 16.8. The summed E-state index contributed by atoms with van der Waals surface area (Å²) in [7, 11) is 5.12. The van der Waals surface area contributed by atoms with Gasteiger partial charge in [0.05, 0.1) is 24.7 Å². The summed E-state index contributed by atoms with van der Waals surface area (Å²) in [5.74, 6) is -0.522. The molecule has 1 rings (SSSR count). The van der Waals surface area contributed by atoms with Gasteiger partial charge in [0, 0.05) is 14.1 Å². The van der Waals surface area contributed by atoms with Crippen LogP contribution in [0.5, 0.6) is 5.75 Å². The maximum Gasteiger partial charge on any atom is 0.338 e. The van der Waals surface area contributed by atoms with Crippen molar-refractivity contribution in [2.24, 2.45) is 4.99 Å². The zero-order valence-electron chi connectivity index (χ0n) is 9.47. The highest BCUT2D eigenvalue weighted by atomic mass is 16.5. The molecule has 0 amide bonds. The van der Waals surface area contributed by atoms with Crippen LogP contribution in [0.2, 0.25) is 0 Å². The van der Waals surface area contributed by atoms with E-state index >= 15 is 0 Å². The molecule has 0 fully saturated rings. The molecule has 0 saturated heterocycles. The standard InChI is InChI=1S/C11H14N2O3/c1-13(2)7-12-10-5-4-8(16-3)6-9(10)11(14)15/h4-7H,1-3H3,(H,14,15). The molecule has 1 aromatic carbocycles. The molecule has 0 bridgehead atoms. The maximum absolute atomic E-state index is 11.0. The Bertz CT molecular complexity index is 414. The van der Waals surface area contributed by atoms with E-state index in [0.29, 0.717) is 11.4 Å². The van der Waals surface area contributed by atoms with Crippen LogP contribution in [0.4, 0.5) is 5.69 Å². The van der Waals surface area contributed by atoms with Crippen molar-refractivity contribution in [3.63, 3.8) is 0 Å². The Kier molecular flexibility index (Phi) is 3.88. The lowest BCUT2D eigenvalue weighted by atomic mass is 10.1. The van der Waals surface area contributed by atoms with Crippen molar-refractivity contribution in [2.45, 2.75) is 0 Å². The van der Waals surface area contributed by atoms with Crippen LogP contribution in [0.3, 0.4) is 0 Å². The van der Waals surface area contributed by atoms with E-state index in [1.54, 1.807) is 23.4 Å². The van der Waals surface area contributed by atoms with Gasteiger partial charge in [-0.3, -0.25) is 0 Å². The lowest BCUT2D eigenvalue weighted by Crippen LogP contribution is -2.07. The second kappa shape index (κ2) is 5.16. The first-order valence-corrected chi connectivity index (χ1v) is 4.66. The Morgan fingerprint density at radius 3 is 2.69 bits per heavy atom. The highest BCUT2D eigenvalue weighted by Gasteiger charge is 2.10. The van der Waals surface area contributed by atoms with Crippen LogP contribution in [0, 0.1) is 0 Å². The molecule has 0 saturated carbocycles. The lowest BCUT2D eigenvalue weighted by Gasteiger charge is -2.06. The van der Waals surface area contributed by atoms with Gasteiger partial charge in [-0.2, -0.15) is 0 Å². The third kappa shape index (κ3) is 2.98. The van der Waals surface area contributed by atoms with Crippen LogP contribution < -0.4 is 4.74 Å². The minimum absolute atomic E-state index is 0.123. The van der Waals surface area contributed by atoms with Crippen molar-refractivity contribution >= 4 is 18.0 Å². The molecule has 0 aliphatic rings. The summed E-state index contributed by atoms with van der Waals surface area (Å²) in [5, 5.41) is 9.01. The van der Waals surface area contributed by atoms with E-state index in [1.807, 2.05) is 14.1 Å². The second-order valence-corrected chi connectivity index (χ2v) is 3.40. The van der Waals surface area contributed by atoms with Gasteiger partial charge in [-0.05, 0) is 18.2 Å². The summed E-state index contributed by atoms with van der Waals surface area (Å²) in [5.41, 5.74) is 0.527. The molecule has 5 heteroatoms. The number of ether oxygens (including phenoxy) is 1. The van der Waals surface area contributed by atoms with E-state index in [2.05, 4.69) is 4.99 Å². The molecule has 5 nitrogen and oxygen atoms in total. The number of carbonyl (C=O) groups is 1. The van der Waals surface area contributed by atoms with Gasteiger partial charge in [0.25, 0.3) is 0 Å². The Balaban J connectivity index is 3.13. The zero-order valence-corrected chi connectivity index (χ0v) is 9.47. The van der Waals surface area contributed by atoms with E-state index in [1.165, 1.54) is 13.2 Å². The molecule has 0 heterocycles. The number of methoxy groups -OCH3 is 1. The van der Waals surface area contributed by atoms with Gasteiger partial charge in [-0.25, -0.2) is 9.79 Å². The molecule has 86 valence electrons. The smallest absolute Gasteiger partial charge is 0.338 e. The second-order valence-electron chi connectivity index (χ2n) is 3.40. The number of carboxylic acids is 1. The highest BCUT2D eigenvalue weighted by Crippen LogP contribution is 2.24. The average molecular weight is 222 g/mol. The van der Waals surface area contributed by atoms with Gasteiger partial charge < -0.3 is 14.7 Å². The van der Waals surface area contributed by atoms with E-state index in [-0.39, 0.29) is 5.56 Å². The van der Waals surface area contributed by atoms with Crippen LogP contribution >= 0.6 is 0 Å². The van der Waals surface area contributed by atoms with Crippen LogP contribution in [0.1, 0.15) is 10.4 Å². The lowest BCUT2D eigenvalue weighted by molar-refractivity contribution is 0.0697. The van der Waals surface area contributed by atoms with E-state index in [0.717, 1.165) is 0 Å². The van der Waals surface area contributed by atoms with Crippen molar-refractivity contribution in [1.29, 1.82) is 0 Å². The third-order valence-electron chi connectivity index (χ3n) is 1.86. The van der Waals surface area contributed by atoms with E-state index < -0.39 is 5.97 Å². The first kappa shape index (κ1) is 12.0. The Hall–Kier alpha value is -2.04. The fourth-order valence-corrected chi connectivity index (χ4v) is 1.10. The zero-order chi connectivity index (χ0) is 12.1. The van der Waals surface area contributed by atoms with Gasteiger partial charge in [-0.15, -0.1) is 0 Å². The average Bonchev–Trinajstić information content (AvgIpc) is 2.25. The highest BCUT2D eigenvalue weighted by molar-refractivity contribution is 5.94. The molecule has 1 aromatic rings. The molecule has 0 spiro atoms. The number of aromatic carboxylic acids is 1. The molecule has 0 unspecified atom stereocenters. The van der Waals surface area contributed by atoms with Gasteiger partial charge >= 0.3 is 5.97 Å². The molecule has 0 aliphatic heterocycles. The third-order valence-corrected chi connectivity index (χ3v) is 1.86. The molecule has 16 heavy (non-hydrogen) atoms. The molecule has 1 N–H and O–H groups in total. The Morgan fingerprint density at radius 2 is 2.19 bits per heavy atom. The van der Waals surface area contributed by atoms with Crippen molar-refractivity contribution in [3.8, 4) is 5.75 Å². The minimum Gasteiger partial charge on any atom is -0.497 e. The Labute approximate surface area is 94.0 Å². The number of hydrogen-bond donors (Lipinski definition) is 1. The summed E-state index contributed by atoms with van der Waals surface area (Å²) >= 11 is 0. The molecular weight excluding hydrogens is 208 g/mol. The summed E-state index contributed by atoms with van der Waals surface area (Å²) in [6.07, 6.45) is 1.55. The number of nitrogens with zero attached hydrogens (tertiary/aromatic N) is 2. The van der Waals surface area contributed by atoms with E-state index in [9.17, 15) is 4.79 Å². The van der Waals surface area contributed by atoms with Crippen LogP contribution in [-0.4, -0.2) is 43.5 Å². The molecule has 0 radical (unpaired) electrons. The number of aliphatic imine (C=N–C) groups is 1. The molecular formula is C11H14N2O3. The SMILES string of the molecule is COc1ccc(N=CN(C)C)c(C(=O)O)c1. The first-order valence-electron chi connectivity index (χ1n) is 4.66. The van der Waals surface area contributed by atoms with Gasteiger partial charge in [-0.1, -0.05) is 0 Å².